The van der Waals surface area contributed by atoms with Crippen LogP contribution in [0.4, 0.5) is 0 Å². The molecule has 0 saturated carbocycles. The van der Waals surface area contributed by atoms with Crippen LogP contribution in [-0.2, 0) is 30.3 Å². The third-order valence-electron chi connectivity index (χ3n) is 6.36. The number of hydrogen-bond acceptors (Lipinski definition) is 7. The SMILES string of the molecule is O=C(N[C@@H](CCCc1ccccc1)B(O)O)[C@@H](CC(=O)N1CCOCC1)NC(=O)[C@H]1CCCCO1. The fourth-order valence-electron chi connectivity index (χ4n) is 4.29. The topological polar surface area (TPSA) is 137 Å². The van der Waals surface area contributed by atoms with Gasteiger partial charge in [0.1, 0.15) is 12.1 Å². The molecule has 192 valence electrons. The molecule has 2 fully saturated rings. The van der Waals surface area contributed by atoms with Crippen LogP contribution in [0.25, 0.3) is 0 Å². The highest BCUT2D eigenvalue weighted by atomic mass is 16.5. The average molecular weight is 489 g/mol. The maximum Gasteiger partial charge on any atom is 0.475 e. The fourth-order valence-corrected chi connectivity index (χ4v) is 4.29. The van der Waals surface area contributed by atoms with Gasteiger partial charge >= 0.3 is 7.12 Å². The van der Waals surface area contributed by atoms with E-state index in [2.05, 4.69) is 10.6 Å². The number of ether oxygens (including phenoxy) is 2. The molecule has 3 atom stereocenters. The van der Waals surface area contributed by atoms with E-state index in [0.717, 1.165) is 18.4 Å². The highest BCUT2D eigenvalue weighted by Gasteiger charge is 2.33. The molecule has 0 aromatic heterocycles. The van der Waals surface area contributed by atoms with Crippen LogP contribution in [0.2, 0.25) is 0 Å². The molecule has 1 aromatic carbocycles. The number of amides is 3. The molecule has 0 aliphatic carbocycles. The molecule has 3 rings (SSSR count). The number of morpholine rings is 1. The lowest BCUT2D eigenvalue weighted by Crippen LogP contribution is -2.57. The van der Waals surface area contributed by atoms with Gasteiger partial charge in [0.05, 0.1) is 25.6 Å². The van der Waals surface area contributed by atoms with Gasteiger partial charge in [-0.15, -0.1) is 0 Å². The Labute approximate surface area is 206 Å². The predicted octanol–water partition coefficient (Wildman–Crippen LogP) is -0.191. The second kappa shape index (κ2) is 14.2. The molecule has 0 radical (unpaired) electrons. The van der Waals surface area contributed by atoms with E-state index < -0.39 is 37.0 Å². The van der Waals surface area contributed by atoms with Gasteiger partial charge in [0.2, 0.25) is 17.7 Å². The standard InChI is InChI=1S/C24H36BN3O7/c29-22(28-12-15-34-16-13-28)17-19(26-24(31)20-10-4-5-14-35-20)23(30)27-21(25(32)33)11-6-9-18-7-2-1-3-8-18/h1-3,7-8,19-21,32-33H,4-6,9-17H2,(H,26,31)(H,27,30)/t19-,20-,21+/m1/s1. The van der Waals surface area contributed by atoms with Crippen molar-refractivity contribution in [3.63, 3.8) is 0 Å². The summed E-state index contributed by atoms with van der Waals surface area (Å²) < 4.78 is 10.8. The van der Waals surface area contributed by atoms with Crippen LogP contribution in [0.1, 0.15) is 44.1 Å². The average Bonchev–Trinajstić information content (AvgIpc) is 2.89. The zero-order valence-electron chi connectivity index (χ0n) is 20.1. The molecule has 2 aliphatic heterocycles. The van der Waals surface area contributed by atoms with Gasteiger partial charge in [-0.05, 0) is 44.1 Å². The van der Waals surface area contributed by atoms with Gasteiger partial charge in [-0.1, -0.05) is 30.3 Å². The van der Waals surface area contributed by atoms with E-state index in [9.17, 15) is 24.4 Å². The van der Waals surface area contributed by atoms with Crippen molar-refractivity contribution in [3.8, 4) is 0 Å². The summed E-state index contributed by atoms with van der Waals surface area (Å²) in [4.78, 5) is 40.3. The van der Waals surface area contributed by atoms with Crippen LogP contribution >= 0.6 is 0 Å². The van der Waals surface area contributed by atoms with Crippen molar-refractivity contribution in [1.82, 2.24) is 15.5 Å². The van der Waals surface area contributed by atoms with Gasteiger partial charge in [0.15, 0.2) is 0 Å². The second-order valence-electron chi connectivity index (χ2n) is 9.02. The molecule has 35 heavy (non-hydrogen) atoms. The Morgan fingerprint density at radius 3 is 2.46 bits per heavy atom. The Morgan fingerprint density at radius 2 is 1.80 bits per heavy atom. The molecule has 0 spiro atoms. The minimum atomic E-state index is -1.78. The minimum Gasteiger partial charge on any atom is -0.426 e. The van der Waals surface area contributed by atoms with Crippen LogP contribution in [0.15, 0.2) is 30.3 Å². The van der Waals surface area contributed by atoms with Crippen molar-refractivity contribution in [1.29, 1.82) is 0 Å². The third-order valence-corrected chi connectivity index (χ3v) is 6.36. The molecule has 11 heteroatoms. The maximum absolute atomic E-state index is 13.1. The van der Waals surface area contributed by atoms with Gasteiger partial charge in [-0.2, -0.15) is 0 Å². The van der Waals surface area contributed by atoms with Crippen molar-refractivity contribution in [2.75, 3.05) is 32.9 Å². The van der Waals surface area contributed by atoms with Crippen molar-refractivity contribution in [2.24, 2.45) is 0 Å². The van der Waals surface area contributed by atoms with Crippen molar-refractivity contribution in [3.05, 3.63) is 35.9 Å². The van der Waals surface area contributed by atoms with Crippen LogP contribution in [-0.4, -0.2) is 90.8 Å². The van der Waals surface area contributed by atoms with Gasteiger partial charge in [-0.3, -0.25) is 14.4 Å². The van der Waals surface area contributed by atoms with E-state index in [-0.39, 0.29) is 12.3 Å². The molecule has 4 N–H and O–H groups in total. The molecule has 2 saturated heterocycles. The number of aryl methyl sites for hydroxylation is 1. The number of nitrogens with zero attached hydrogens (tertiary/aromatic N) is 1. The summed E-state index contributed by atoms with van der Waals surface area (Å²) in [6.45, 7) is 2.16. The largest absolute Gasteiger partial charge is 0.475 e. The zero-order valence-corrected chi connectivity index (χ0v) is 20.1. The van der Waals surface area contributed by atoms with Gasteiger partial charge < -0.3 is 35.1 Å². The van der Waals surface area contributed by atoms with E-state index in [4.69, 9.17) is 9.47 Å². The molecule has 0 unspecified atom stereocenters. The first-order valence-corrected chi connectivity index (χ1v) is 12.4. The predicted molar refractivity (Wildman–Crippen MR) is 129 cm³/mol. The summed E-state index contributed by atoms with van der Waals surface area (Å²) in [5.41, 5.74) is 1.11. The first-order valence-electron chi connectivity index (χ1n) is 12.4. The van der Waals surface area contributed by atoms with Gasteiger partial charge in [-0.25, -0.2) is 0 Å². The Balaban J connectivity index is 1.61. The maximum atomic E-state index is 13.1. The van der Waals surface area contributed by atoms with Gasteiger partial charge in [0, 0.05) is 19.7 Å². The summed E-state index contributed by atoms with van der Waals surface area (Å²) in [5.74, 6) is -2.28. The Bertz CT molecular complexity index is 783. The van der Waals surface area contributed by atoms with Crippen LogP contribution < -0.4 is 10.6 Å². The van der Waals surface area contributed by atoms with Crippen LogP contribution in [0, 0.1) is 0 Å². The highest BCUT2D eigenvalue weighted by Crippen LogP contribution is 2.14. The summed E-state index contributed by atoms with van der Waals surface area (Å²) >= 11 is 0. The van der Waals surface area contributed by atoms with Crippen molar-refractivity contribution >= 4 is 24.8 Å². The molecule has 10 nitrogen and oxygen atoms in total. The van der Waals surface area contributed by atoms with Crippen LogP contribution in [0.3, 0.4) is 0 Å². The minimum absolute atomic E-state index is 0.234. The number of carbonyl (C=O) groups is 3. The summed E-state index contributed by atoms with van der Waals surface area (Å²) in [7, 11) is -1.78. The molecular formula is C24H36BN3O7. The van der Waals surface area contributed by atoms with Crippen molar-refractivity contribution in [2.45, 2.75) is 63.0 Å². The molecule has 1 aromatic rings. The highest BCUT2D eigenvalue weighted by molar-refractivity contribution is 6.43. The lowest BCUT2D eigenvalue weighted by Gasteiger charge is -2.30. The number of nitrogens with one attached hydrogen (secondary N) is 2. The second-order valence-corrected chi connectivity index (χ2v) is 9.02. The number of carbonyl (C=O) groups excluding carboxylic acids is 3. The summed E-state index contributed by atoms with van der Waals surface area (Å²) in [6, 6.07) is 8.61. The van der Waals surface area contributed by atoms with E-state index in [1.165, 1.54) is 0 Å². The Morgan fingerprint density at radius 1 is 1.06 bits per heavy atom. The fraction of sp³-hybridized carbons (Fsp3) is 0.625. The summed E-state index contributed by atoms with van der Waals surface area (Å²) in [5, 5.41) is 25.0. The van der Waals surface area contributed by atoms with E-state index >= 15 is 0 Å². The normalized spacial score (nSPS) is 19.9. The van der Waals surface area contributed by atoms with E-state index in [1.807, 2.05) is 30.3 Å². The van der Waals surface area contributed by atoms with Gasteiger partial charge in [0.25, 0.3) is 0 Å². The Hall–Kier alpha value is -2.47. The number of benzene rings is 1. The molecule has 0 bridgehead atoms. The lowest BCUT2D eigenvalue weighted by atomic mass is 9.76. The lowest BCUT2D eigenvalue weighted by molar-refractivity contribution is -0.142. The molecule has 3 amide bonds. The quantitative estimate of drug-likeness (QED) is 0.316. The van der Waals surface area contributed by atoms with Crippen LogP contribution in [0.5, 0.6) is 0 Å². The monoisotopic (exact) mass is 489 g/mol. The number of hydrogen-bond donors (Lipinski definition) is 4. The first-order chi connectivity index (χ1) is 16.9. The zero-order chi connectivity index (χ0) is 25.0. The Kier molecular flexibility index (Phi) is 11.0. The first kappa shape index (κ1) is 27.1. The smallest absolute Gasteiger partial charge is 0.426 e. The molecule has 2 aliphatic rings. The third kappa shape index (κ3) is 8.92. The van der Waals surface area contributed by atoms with E-state index in [0.29, 0.717) is 58.6 Å². The summed E-state index contributed by atoms with van der Waals surface area (Å²) in [6.07, 6.45) is 3.03. The molecular weight excluding hydrogens is 453 g/mol. The number of rotatable bonds is 11. The van der Waals surface area contributed by atoms with E-state index in [1.54, 1.807) is 4.90 Å². The van der Waals surface area contributed by atoms with Crippen molar-refractivity contribution < 1.29 is 33.9 Å². The molecule has 2 heterocycles.